The molecule has 0 saturated carbocycles. The predicted octanol–water partition coefficient (Wildman–Crippen LogP) is 4.99. The summed E-state index contributed by atoms with van der Waals surface area (Å²) in [6.07, 6.45) is 3.11. The van der Waals surface area contributed by atoms with E-state index in [2.05, 4.69) is 10.3 Å². The van der Waals surface area contributed by atoms with Crippen molar-refractivity contribution in [3.05, 3.63) is 64.5 Å². The molecule has 0 saturated heterocycles. The van der Waals surface area contributed by atoms with Gasteiger partial charge >= 0.3 is 0 Å². The van der Waals surface area contributed by atoms with E-state index in [1.54, 1.807) is 24.3 Å². The van der Waals surface area contributed by atoms with Gasteiger partial charge in [0.2, 0.25) is 5.91 Å². The van der Waals surface area contributed by atoms with Gasteiger partial charge in [-0.2, -0.15) is 5.26 Å². The lowest BCUT2D eigenvalue weighted by Crippen LogP contribution is -2.07. The van der Waals surface area contributed by atoms with Gasteiger partial charge in [-0.25, -0.2) is 4.98 Å². The van der Waals surface area contributed by atoms with Crippen LogP contribution in [-0.4, -0.2) is 24.6 Å². The van der Waals surface area contributed by atoms with Crippen molar-refractivity contribution in [3.8, 4) is 28.8 Å². The highest BCUT2D eigenvalue weighted by Gasteiger charge is 2.11. The van der Waals surface area contributed by atoms with Gasteiger partial charge in [0, 0.05) is 16.5 Å². The van der Waals surface area contributed by atoms with Crippen LogP contribution in [0.1, 0.15) is 16.0 Å². The maximum absolute atomic E-state index is 12.3. The number of hydrogen-bond donors (Lipinski definition) is 1. The summed E-state index contributed by atoms with van der Waals surface area (Å²) in [5.41, 5.74) is 3.85. The number of benzene rings is 2. The first-order valence-corrected chi connectivity index (χ1v) is 10.0. The van der Waals surface area contributed by atoms with Gasteiger partial charge in [0.15, 0.2) is 23.2 Å². The fourth-order valence-corrected chi connectivity index (χ4v) is 3.60. The highest BCUT2D eigenvalue weighted by atomic mass is 32.1. The average molecular weight is 420 g/mol. The predicted molar refractivity (Wildman–Crippen MR) is 119 cm³/mol. The van der Waals surface area contributed by atoms with Gasteiger partial charge in [-0.3, -0.25) is 10.1 Å². The van der Waals surface area contributed by atoms with Gasteiger partial charge in [0.05, 0.1) is 12.8 Å². The second-order valence-corrected chi connectivity index (χ2v) is 7.67. The molecule has 1 amide bonds. The molecule has 30 heavy (non-hydrogen) atoms. The number of aromatic nitrogens is 1. The molecule has 0 aliphatic rings. The molecule has 1 aromatic heterocycles. The van der Waals surface area contributed by atoms with Crippen molar-refractivity contribution in [3.63, 3.8) is 0 Å². The number of amides is 1. The van der Waals surface area contributed by atoms with Crippen LogP contribution >= 0.6 is 11.3 Å². The quantitative estimate of drug-likeness (QED) is 0.546. The lowest BCUT2D eigenvalue weighted by molar-refractivity contribution is -0.111. The number of ether oxygens (including phenoxy) is 2. The Hall–Kier alpha value is -3.63. The van der Waals surface area contributed by atoms with Crippen molar-refractivity contribution in [1.29, 1.82) is 5.26 Å². The van der Waals surface area contributed by atoms with E-state index in [0.29, 0.717) is 16.6 Å². The minimum atomic E-state index is -0.275. The number of nitriles is 1. The van der Waals surface area contributed by atoms with E-state index in [0.717, 1.165) is 21.7 Å². The Bertz CT molecular complexity index is 1110. The van der Waals surface area contributed by atoms with E-state index >= 15 is 0 Å². The summed E-state index contributed by atoms with van der Waals surface area (Å²) in [6, 6.07) is 15.3. The molecule has 0 spiro atoms. The molecule has 6 nitrogen and oxygen atoms in total. The number of carbonyl (C=O) groups is 1. The van der Waals surface area contributed by atoms with Gasteiger partial charge in [-0.05, 0) is 37.6 Å². The van der Waals surface area contributed by atoms with Crippen molar-refractivity contribution >= 4 is 28.5 Å². The first kappa shape index (κ1) is 21.1. The summed E-state index contributed by atoms with van der Waals surface area (Å²) in [5.74, 6) is 0.691. The second-order valence-electron chi connectivity index (χ2n) is 6.47. The number of carbonyl (C=O) groups excluding carboxylic acids is 1. The minimum Gasteiger partial charge on any atom is -0.493 e. The molecule has 0 aliphatic heterocycles. The fraction of sp³-hybridized carbons (Fsp3) is 0.174. The van der Waals surface area contributed by atoms with Crippen LogP contribution < -0.4 is 14.8 Å². The van der Waals surface area contributed by atoms with Crippen LogP contribution in [0.15, 0.2) is 48.5 Å². The first-order valence-electron chi connectivity index (χ1n) is 9.21. The molecule has 0 fully saturated rings. The SMILES string of the molecule is COc1cc(/C=C/C(=O)Nc2nc(-c3ccc(C)cc3)c(C)s2)ccc1OCC#N. The first-order chi connectivity index (χ1) is 14.5. The van der Waals surface area contributed by atoms with Crippen LogP contribution in [0, 0.1) is 25.2 Å². The van der Waals surface area contributed by atoms with Crippen molar-refractivity contribution in [2.45, 2.75) is 13.8 Å². The Kier molecular flexibility index (Phi) is 6.83. The molecule has 0 bridgehead atoms. The number of aryl methyl sites for hydroxylation is 2. The molecular weight excluding hydrogens is 398 g/mol. The molecule has 7 heteroatoms. The van der Waals surface area contributed by atoms with Crippen molar-refractivity contribution in [2.24, 2.45) is 0 Å². The molecule has 0 radical (unpaired) electrons. The highest BCUT2D eigenvalue weighted by Crippen LogP contribution is 2.31. The summed E-state index contributed by atoms with van der Waals surface area (Å²) in [6.45, 7) is 3.96. The van der Waals surface area contributed by atoms with E-state index in [-0.39, 0.29) is 12.5 Å². The summed E-state index contributed by atoms with van der Waals surface area (Å²) < 4.78 is 10.6. The maximum atomic E-state index is 12.3. The van der Waals surface area contributed by atoms with Gasteiger partial charge in [0.1, 0.15) is 6.07 Å². The number of anilines is 1. The Morgan fingerprint density at radius 3 is 2.67 bits per heavy atom. The van der Waals surface area contributed by atoms with Crippen molar-refractivity contribution < 1.29 is 14.3 Å². The molecule has 3 aromatic rings. The van der Waals surface area contributed by atoms with E-state index in [1.165, 1.54) is 30.1 Å². The van der Waals surface area contributed by atoms with Gasteiger partial charge < -0.3 is 9.47 Å². The van der Waals surface area contributed by atoms with Crippen LogP contribution in [0.2, 0.25) is 0 Å². The van der Waals surface area contributed by atoms with E-state index in [9.17, 15) is 4.79 Å². The van der Waals surface area contributed by atoms with E-state index < -0.39 is 0 Å². The average Bonchev–Trinajstić information content (AvgIpc) is 3.11. The topological polar surface area (TPSA) is 84.2 Å². The number of thiazole rings is 1. The zero-order valence-corrected chi connectivity index (χ0v) is 17.7. The third-order valence-electron chi connectivity index (χ3n) is 4.26. The Balaban J connectivity index is 1.68. The van der Waals surface area contributed by atoms with Crippen LogP contribution in [-0.2, 0) is 4.79 Å². The standard InChI is InChI=1S/C23H21N3O3S/c1-15-4-8-18(9-5-15)22-16(2)30-23(26-22)25-21(27)11-7-17-6-10-19(29-13-12-24)20(14-17)28-3/h4-11,14H,13H2,1-3H3,(H,25,26,27)/b11-7+. The zero-order chi connectivity index (χ0) is 21.5. The van der Waals surface area contributed by atoms with Gasteiger partial charge in [-0.1, -0.05) is 35.9 Å². The number of hydrogen-bond acceptors (Lipinski definition) is 6. The molecule has 152 valence electrons. The lowest BCUT2D eigenvalue weighted by atomic mass is 10.1. The summed E-state index contributed by atoms with van der Waals surface area (Å²) in [5, 5.41) is 12.0. The molecule has 3 rings (SSSR count). The molecule has 0 atom stereocenters. The highest BCUT2D eigenvalue weighted by molar-refractivity contribution is 7.16. The Labute approximate surface area is 179 Å². The molecule has 0 aliphatic carbocycles. The number of nitrogens with zero attached hydrogens (tertiary/aromatic N) is 2. The lowest BCUT2D eigenvalue weighted by Gasteiger charge is -2.08. The molecular formula is C23H21N3O3S. The number of nitrogens with one attached hydrogen (secondary N) is 1. The Morgan fingerprint density at radius 2 is 1.97 bits per heavy atom. The van der Waals surface area contributed by atoms with E-state index in [1.807, 2.05) is 44.2 Å². The van der Waals surface area contributed by atoms with E-state index in [4.69, 9.17) is 14.7 Å². The summed E-state index contributed by atoms with van der Waals surface area (Å²) >= 11 is 1.44. The van der Waals surface area contributed by atoms with Crippen LogP contribution in [0.5, 0.6) is 11.5 Å². The van der Waals surface area contributed by atoms with Crippen molar-refractivity contribution in [1.82, 2.24) is 4.98 Å². The smallest absolute Gasteiger partial charge is 0.250 e. The molecule has 0 unspecified atom stereocenters. The molecule has 1 heterocycles. The zero-order valence-electron chi connectivity index (χ0n) is 16.9. The minimum absolute atomic E-state index is 0.0637. The van der Waals surface area contributed by atoms with Crippen LogP contribution in [0.3, 0.4) is 0 Å². The summed E-state index contributed by atoms with van der Waals surface area (Å²) in [4.78, 5) is 17.9. The molecule has 1 N–H and O–H groups in total. The second kappa shape index (κ2) is 9.72. The third-order valence-corrected chi connectivity index (χ3v) is 5.15. The maximum Gasteiger partial charge on any atom is 0.250 e. The Morgan fingerprint density at radius 1 is 1.20 bits per heavy atom. The number of rotatable bonds is 7. The monoisotopic (exact) mass is 419 g/mol. The molecule has 2 aromatic carbocycles. The third kappa shape index (κ3) is 5.25. The van der Waals surface area contributed by atoms with Crippen molar-refractivity contribution in [2.75, 3.05) is 19.0 Å². The normalized spacial score (nSPS) is 10.6. The number of methoxy groups -OCH3 is 1. The van der Waals surface area contributed by atoms with Crippen LogP contribution in [0.25, 0.3) is 17.3 Å². The van der Waals surface area contributed by atoms with Crippen LogP contribution in [0.4, 0.5) is 5.13 Å². The van der Waals surface area contributed by atoms with Gasteiger partial charge in [-0.15, -0.1) is 11.3 Å². The fourth-order valence-electron chi connectivity index (χ4n) is 2.77. The summed E-state index contributed by atoms with van der Waals surface area (Å²) in [7, 11) is 1.52. The largest absolute Gasteiger partial charge is 0.493 e. The van der Waals surface area contributed by atoms with Gasteiger partial charge in [0.25, 0.3) is 0 Å².